The summed E-state index contributed by atoms with van der Waals surface area (Å²) in [7, 11) is -0.633. The van der Waals surface area contributed by atoms with Crippen molar-refractivity contribution >= 4 is 50.1 Å². The zero-order chi connectivity index (χ0) is 43.6. The van der Waals surface area contributed by atoms with Crippen LogP contribution in [0.3, 0.4) is 0 Å². The third-order valence-electron chi connectivity index (χ3n) is 12.1. The molecule has 7 rings (SSSR count). The van der Waals surface area contributed by atoms with E-state index in [0.717, 1.165) is 52.9 Å². The van der Waals surface area contributed by atoms with E-state index in [4.69, 9.17) is 24.2 Å². The van der Waals surface area contributed by atoms with Crippen LogP contribution in [0.5, 0.6) is 17.2 Å². The number of nitrogens with zero attached hydrogens (tertiary/aromatic N) is 4. The molecule has 2 N–H and O–H groups in total. The van der Waals surface area contributed by atoms with Crippen molar-refractivity contribution in [2.45, 2.75) is 121 Å². The van der Waals surface area contributed by atoms with Crippen molar-refractivity contribution in [2.75, 3.05) is 27.3 Å². The highest BCUT2D eigenvalue weighted by atomic mass is 32.2. The molecule has 4 amide bonds. The van der Waals surface area contributed by atoms with Crippen molar-refractivity contribution in [3.8, 4) is 28.0 Å². The molecule has 14 nitrogen and oxygen atoms in total. The number of carbonyl (C=O) groups is 3. The van der Waals surface area contributed by atoms with Gasteiger partial charge in [-0.25, -0.2) is 23.2 Å². The van der Waals surface area contributed by atoms with Gasteiger partial charge in [0.05, 0.1) is 37.2 Å². The van der Waals surface area contributed by atoms with Crippen LogP contribution in [-0.2, 0) is 26.2 Å². The van der Waals surface area contributed by atoms with E-state index in [1.165, 1.54) is 11.3 Å². The zero-order valence-electron chi connectivity index (χ0n) is 36.2. The number of methoxy groups -OCH3 is 2. The summed E-state index contributed by atoms with van der Waals surface area (Å²) in [5.41, 5.74) is 2.59. The highest BCUT2D eigenvalue weighted by Gasteiger charge is 2.61. The first kappa shape index (κ1) is 44.1. The molecule has 0 spiro atoms. The number of benzene rings is 2. The van der Waals surface area contributed by atoms with Gasteiger partial charge in [0.15, 0.2) is 0 Å². The van der Waals surface area contributed by atoms with Gasteiger partial charge in [-0.15, -0.1) is 11.3 Å². The number of pyridine rings is 1. The van der Waals surface area contributed by atoms with Crippen molar-refractivity contribution in [1.82, 2.24) is 29.8 Å². The first-order valence-corrected chi connectivity index (χ1v) is 23.8. The first-order chi connectivity index (χ1) is 29.2. The number of nitrogens with one attached hydrogen (secondary N) is 2. The molecule has 2 aliphatic carbocycles. The molecule has 16 heteroatoms. The van der Waals surface area contributed by atoms with Gasteiger partial charge in [0.2, 0.25) is 15.9 Å². The van der Waals surface area contributed by atoms with Gasteiger partial charge in [-0.2, -0.15) is 0 Å². The van der Waals surface area contributed by atoms with Crippen LogP contribution in [0, 0.1) is 12.8 Å². The Labute approximate surface area is 362 Å². The summed E-state index contributed by atoms with van der Waals surface area (Å²) in [4.78, 5) is 56.4. The number of aromatic nitrogens is 2. The van der Waals surface area contributed by atoms with Gasteiger partial charge in [-0.05, 0) is 74.3 Å². The van der Waals surface area contributed by atoms with Crippen LogP contribution >= 0.6 is 11.3 Å². The van der Waals surface area contributed by atoms with Gasteiger partial charge >= 0.3 is 6.03 Å². The SMILES string of the molecule is CCCCCCN(Cc1ccc(OC)cc1)C(=O)N1C[C@H](Oc2cc(-c3nc(C(C)C)cs3)nc3c(C)c(OC)ccc23)C[C@H]1C(=O)N[C@]1(C(=O)NS(=O)(=O)C2CC2)C[C@H]1C. The molecule has 3 heterocycles. The Morgan fingerprint density at radius 3 is 2.38 bits per heavy atom. The normalized spacial score (nSPS) is 21.0. The van der Waals surface area contributed by atoms with Crippen molar-refractivity contribution < 1.29 is 37.0 Å². The lowest BCUT2D eigenvalue weighted by Crippen LogP contribution is -2.57. The minimum atomic E-state index is -3.85. The molecular weight excluding hydrogens is 817 g/mol. The zero-order valence-corrected chi connectivity index (χ0v) is 37.8. The van der Waals surface area contributed by atoms with Crippen LogP contribution in [-0.4, -0.2) is 96.3 Å². The van der Waals surface area contributed by atoms with E-state index < -0.39 is 44.8 Å². The number of aryl methyl sites for hydroxylation is 1. The first-order valence-electron chi connectivity index (χ1n) is 21.3. The van der Waals surface area contributed by atoms with Crippen LogP contribution in [0.2, 0.25) is 0 Å². The number of thiazole rings is 1. The average Bonchev–Trinajstić information content (AvgIpc) is 4.10. The molecule has 0 bridgehead atoms. The van der Waals surface area contributed by atoms with Crippen molar-refractivity contribution in [1.29, 1.82) is 0 Å². The number of amides is 4. The Morgan fingerprint density at radius 1 is 1.02 bits per heavy atom. The molecular formula is C45H58N6O8S2. The van der Waals surface area contributed by atoms with Crippen LogP contribution in [0.25, 0.3) is 21.6 Å². The van der Waals surface area contributed by atoms with Crippen LogP contribution in [0.1, 0.15) is 102 Å². The number of hydrogen-bond donors (Lipinski definition) is 2. The highest BCUT2D eigenvalue weighted by Crippen LogP contribution is 2.45. The third-order valence-corrected chi connectivity index (χ3v) is 14.8. The molecule has 0 radical (unpaired) electrons. The van der Waals surface area contributed by atoms with E-state index >= 15 is 0 Å². The summed E-state index contributed by atoms with van der Waals surface area (Å²) in [5, 5.41) is 5.84. The van der Waals surface area contributed by atoms with Gasteiger partial charge in [0, 0.05) is 41.9 Å². The number of rotatable bonds is 18. The predicted molar refractivity (Wildman–Crippen MR) is 235 cm³/mol. The molecule has 4 atom stereocenters. The lowest BCUT2D eigenvalue weighted by atomic mass is 10.1. The molecule has 0 unspecified atom stereocenters. The van der Waals surface area contributed by atoms with Crippen molar-refractivity contribution in [2.24, 2.45) is 5.92 Å². The fourth-order valence-corrected chi connectivity index (χ4v) is 10.4. The second-order valence-corrected chi connectivity index (χ2v) is 19.8. The molecule has 1 saturated heterocycles. The lowest BCUT2D eigenvalue weighted by molar-refractivity contribution is -0.131. The molecule has 2 saturated carbocycles. The fourth-order valence-electron chi connectivity index (χ4n) is 8.06. The molecule has 1 aliphatic heterocycles. The quantitative estimate of drug-likeness (QED) is 0.0966. The maximum Gasteiger partial charge on any atom is 0.321 e. The van der Waals surface area contributed by atoms with Crippen molar-refractivity contribution in [3.63, 3.8) is 0 Å². The predicted octanol–water partition coefficient (Wildman–Crippen LogP) is 7.33. The summed E-state index contributed by atoms with van der Waals surface area (Å²) >= 11 is 1.50. The maximum atomic E-state index is 14.9. The Morgan fingerprint density at radius 2 is 1.75 bits per heavy atom. The second-order valence-electron chi connectivity index (χ2n) is 17.0. The monoisotopic (exact) mass is 874 g/mol. The van der Waals surface area contributed by atoms with Gasteiger partial charge in [-0.1, -0.05) is 59.1 Å². The number of ether oxygens (including phenoxy) is 3. The van der Waals surface area contributed by atoms with E-state index in [2.05, 4.69) is 30.8 Å². The van der Waals surface area contributed by atoms with Crippen LogP contribution in [0.15, 0.2) is 47.8 Å². The molecule has 3 fully saturated rings. The lowest BCUT2D eigenvalue weighted by Gasteiger charge is -2.32. The number of likely N-dealkylation sites (tertiary alicyclic amines) is 1. The van der Waals surface area contributed by atoms with E-state index in [1.807, 2.05) is 54.8 Å². The smallest absolute Gasteiger partial charge is 0.321 e. The highest BCUT2D eigenvalue weighted by molar-refractivity contribution is 7.91. The minimum Gasteiger partial charge on any atom is -0.497 e. The summed E-state index contributed by atoms with van der Waals surface area (Å²) < 4.78 is 45.8. The molecule has 61 heavy (non-hydrogen) atoms. The molecule has 328 valence electrons. The molecule has 3 aliphatic rings. The Balaban J connectivity index is 1.22. The summed E-state index contributed by atoms with van der Waals surface area (Å²) in [5.74, 6) is 0.541. The molecule has 2 aromatic heterocycles. The summed E-state index contributed by atoms with van der Waals surface area (Å²) in [6.45, 7) is 10.9. The number of sulfonamides is 1. The summed E-state index contributed by atoms with van der Waals surface area (Å²) in [6.07, 6.45) is 4.53. The van der Waals surface area contributed by atoms with Gasteiger partial charge < -0.3 is 29.3 Å². The average molecular weight is 875 g/mol. The topological polar surface area (TPSA) is 169 Å². The third kappa shape index (κ3) is 9.59. The Kier molecular flexibility index (Phi) is 13.1. The van der Waals surface area contributed by atoms with Gasteiger partial charge in [0.25, 0.3) is 5.91 Å². The van der Waals surface area contributed by atoms with E-state index in [1.54, 1.807) is 30.9 Å². The minimum absolute atomic E-state index is 0.0822. The van der Waals surface area contributed by atoms with Gasteiger partial charge in [-0.3, -0.25) is 14.3 Å². The van der Waals surface area contributed by atoms with E-state index in [0.29, 0.717) is 54.4 Å². The Bertz CT molecular complexity index is 2370. The molecule has 2 aromatic carbocycles. The fraction of sp³-hybridized carbons (Fsp3) is 0.533. The maximum absolute atomic E-state index is 14.9. The van der Waals surface area contributed by atoms with E-state index in [9.17, 15) is 22.8 Å². The van der Waals surface area contributed by atoms with Crippen LogP contribution in [0.4, 0.5) is 4.79 Å². The largest absolute Gasteiger partial charge is 0.497 e. The summed E-state index contributed by atoms with van der Waals surface area (Å²) in [6, 6.07) is 11.8. The molecule has 4 aromatic rings. The van der Waals surface area contributed by atoms with E-state index in [-0.39, 0.29) is 37.3 Å². The number of hydrogen-bond acceptors (Lipinski definition) is 11. The second kappa shape index (κ2) is 18.2. The number of unbranched alkanes of at least 4 members (excludes halogenated alkanes) is 3. The Hall–Kier alpha value is -4.96. The number of urea groups is 1. The standard InChI is InChI=1S/C45H58N6O8S2/c1-8-9-10-11-20-50(24-30-12-14-31(57-6)15-13-30)44(54)51-25-32(21-37(51)41(52)48-45(23-28(45)4)43(53)49-61(55,56)33-16-17-33)59-39-22-35(42-47-36(26-60-42)27(2)3)46-40-29(5)38(58-7)19-18-34(39)40/h12-15,18-19,22,26-28,32-33,37H,8-11,16-17,20-21,23-25H2,1-7H3,(H,48,52)(H,49,53)/t28-,32-,37+,45-/m1/s1. The van der Waals surface area contributed by atoms with Gasteiger partial charge in [0.1, 0.15) is 45.6 Å². The van der Waals surface area contributed by atoms with Crippen LogP contribution < -0.4 is 24.2 Å². The number of fused-ring (bicyclic) bond motifs is 1. The van der Waals surface area contributed by atoms with Crippen molar-refractivity contribution in [3.05, 3.63) is 64.7 Å². The number of carbonyl (C=O) groups excluding carboxylic acids is 3.